The number of allylic oxidation sites excluding steroid dienone is 1. The Labute approximate surface area is 108 Å². The summed E-state index contributed by atoms with van der Waals surface area (Å²) in [6.45, 7) is 0. The zero-order chi connectivity index (χ0) is 12.1. The zero-order valence-corrected chi connectivity index (χ0v) is 10.6. The molecule has 4 rings (SSSR count). The van der Waals surface area contributed by atoms with Crippen molar-refractivity contribution in [1.29, 1.82) is 0 Å². The summed E-state index contributed by atoms with van der Waals surface area (Å²) in [6.07, 6.45) is 10.7. The molecule has 0 heterocycles. The van der Waals surface area contributed by atoms with E-state index in [-0.39, 0.29) is 5.92 Å². The van der Waals surface area contributed by atoms with Crippen LogP contribution in [0.25, 0.3) is 6.08 Å². The highest BCUT2D eigenvalue weighted by Crippen LogP contribution is 2.50. The molecule has 1 fully saturated rings. The Hall–Kier alpha value is -1.37. The molecular weight excluding hydrogens is 220 g/mol. The number of benzene rings is 1. The molecule has 0 bridgehead atoms. The lowest BCUT2D eigenvalue weighted by Gasteiger charge is -2.26. The van der Waals surface area contributed by atoms with E-state index in [1.807, 2.05) is 12.1 Å². The van der Waals surface area contributed by atoms with Crippen molar-refractivity contribution in [2.24, 2.45) is 11.8 Å². The number of carbonyl (C=O) groups is 1. The number of hydrogen-bond acceptors (Lipinski definition) is 1. The normalized spacial score (nSPS) is 29.9. The molecule has 2 unspecified atom stereocenters. The van der Waals surface area contributed by atoms with Crippen LogP contribution in [0, 0.1) is 11.8 Å². The van der Waals surface area contributed by atoms with Gasteiger partial charge in [-0.25, -0.2) is 0 Å². The maximum absolute atomic E-state index is 12.7. The van der Waals surface area contributed by atoms with Gasteiger partial charge in [0.25, 0.3) is 0 Å². The average Bonchev–Trinajstić information content (AvgIpc) is 3.00. The van der Waals surface area contributed by atoms with Crippen LogP contribution in [0.2, 0.25) is 0 Å². The maximum atomic E-state index is 12.7. The van der Waals surface area contributed by atoms with Crippen molar-refractivity contribution in [3.8, 4) is 0 Å². The van der Waals surface area contributed by atoms with Gasteiger partial charge < -0.3 is 0 Å². The van der Waals surface area contributed by atoms with Crippen molar-refractivity contribution >= 4 is 11.9 Å². The summed E-state index contributed by atoms with van der Waals surface area (Å²) >= 11 is 0. The van der Waals surface area contributed by atoms with Gasteiger partial charge in [-0.15, -0.1) is 0 Å². The van der Waals surface area contributed by atoms with Gasteiger partial charge in [-0.05, 0) is 42.2 Å². The fraction of sp³-hybridized carbons (Fsp3) is 0.471. The Balaban J connectivity index is 1.83. The third kappa shape index (κ3) is 1.31. The smallest absolute Gasteiger partial charge is 0.167 e. The standard InChI is InChI=1S/C17H18O/c18-17-14-10-4-8-11-7-3-9-13(15(11)14)16(17)12-5-1-2-6-12/h3-4,7-8,10,12-13,16H,1-2,5-6,9H2. The number of rotatable bonds is 1. The van der Waals surface area contributed by atoms with Gasteiger partial charge in [0.2, 0.25) is 0 Å². The Kier molecular flexibility index (Phi) is 2.23. The average molecular weight is 238 g/mol. The maximum Gasteiger partial charge on any atom is 0.167 e. The molecule has 0 spiro atoms. The van der Waals surface area contributed by atoms with Crippen LogP contribution in [0.4, 0.5) is 0 Å². The molecule has 92 valence electrons. The lowest BCUT2D eigenvalue weighted by molar-refractivity contribution is 0.0873. The molecule has 0 saturated heterocycles. The molecule has 0 aliphatic heterocycles. The summed E-state index contributed by atoms with van der Waals surface area (Å²) in [6, 6.07) is 6.24. The van der Waals surface area contributed by atoms with Crippen molar-refractivity contribution in [2.45, 2.75) is 38.0 Å². The van der Waals surface area contributed by atoms with Gasteiger partial charge in [-0.3, -0.25) is 4.79 Å². The van der Waals surface area contributed by atoms with E-state index >= 15 is 0 Å². The van der Waals surface area contributed by atoms with Gasteiger partial charge in [0.1, 0.15) is 0 Å². The Bertz CT molecular complexity index is 535. The fourth-order valence-corrected chi connectivity index (χ4v) is 4.36. The topological polar surface area (TPSA) is 17.1 Å². The van der Waals surface area contributed by atoms with E-state index in [0.717, 1.165) is 12.0 Å². The van der Waals surface area contributed by atoms with Crippen LogP contribution in [0.1, 0.15) is 59.5 Å². The molecule has 0 radical (unpaired) electrons. The first kappa shape index (κ1) is 10.5. The van der Waals surface area contributed by atoms with E-state index in [4.69, 9.17) is 0 Å². The van der Waals surface area contributed by atoms with Gasteiger partial charge in [-0.2, -0.15) is 0 Å². The first-order valence-electron chi connectivity index (χ1n) is 7.20. The zero-order valence-electron chi connectivity index (χ0n) is 10.6. The quantitative estimate of drug-likeness (QED) is 0.717. The van der Waals surface area contributed by atoms with Crippen LogP contribution in [0.5, 0.6) is 0 Å². The second-order valence-corrected chi connectivity index (χ2v) is 5.99. The van der Waals surface area contributed by atoms with Gasteiger partial charge in [-0.1, -0.05) is 43.2 Å². The molecule has 0 N–H and O–H groups in total. The number of Topliss-reactive ketones (excluding diaryl/α,β-unsaturated/α-hetero) is 1. The Morgan fingerprint density at radius 1 is 1.11 bits per heavy atom. The second kappa shape index (κ2) is 3.81. The summed E-state index contributed by atoms with van der Waals surface area (Å²) in [5, 5.41) is 0. The molecule has 0 amide bonds. The molecule has 18 heavy (non-hydrogen) atoms. The minimum Gasteiger partial charge on any atom is -0.294 e. The van der Waals surface area contributed by atoms with E-state index < -0.39 is 0 Å². The van der Waals surface area contributed by atoms with E-state index in [9.17, 15) is 4.79 Å². The Morgan fingerprint density at radius 3 is 2.78 bits per heavy atom. The molecule has 3 aliphatic rings. The largest absolute Gasteiger partial charge is 0.294 e. The predicted octanol–water partition coefficient (Wildman–Crippen LogP) is 4.19. The summed E-state index contributed by atoms with van der Waals surface area (Å²) < 4.78 is 0. The Morgan fingerprint density at radius 2 is 1.94 bits per heavy atom. The van der Waals surface area contributed by atoms with E-state index in [1.165, 1.54) is 36.8 Å². The highest BCUT2D eigenvalue weighted by Gasteiger charge is 2.45. The van der Waals surface area contributed by atoms with Crippen molar-refractivity contribution in [3.63, 3.8) is 0 Å². The van der Waals surface area contributed by atoms with Crippen LogP contribution in [0.15, 0.2) is 24.3 Å². The summed E-state index contributed by atoms with van der Waals surface area (Å²) in [5.41, 5.74) is 3.68. The highest BCUT2D eigenvalue weighted by atomic mass is 16.1. The van der Waals surface area contributed by atoms with E-state index in [2.05, 4.69) is 18.2 Å². The molecule has 0 aromatic heterocycles. The monoisotopic (exact) mass is 238 g/mol. The SMILES string of the molecule is O=C1c2cccc3c2C(CC=C3)C1C1CCCC1. The third-order valence-electron chi connectivity index (χ3n) is 5.11. The van der Waals surface area contributed by atoms with Crippen LogP contribution in [0.3, 0.4) is 0 Å². The van der Waals surface area contributed by atoms with Crippen molar-refractivity contribution < 1.29 is 4.79 Å². The van der Waals surface area contributed by atoms with Crippen LogP contribution < -0.4 is 0 Å². The van der Waals surface area contributed by atoms with Crippen molar-refractivity contribution in [2.75, 3.05) is 0 Å². The molecule has 1 heteroatoms. The molecular formula is C17H18O. The summed E-state index contributed by atoms with van der Waals surface area (Å²) in [7, 11) is 0. The van der Waals surface area contributed by atoms with Crippen LogP contribution in [-0.4, -0.2) is 5.78 Å². The number of ketones is 1. The summed E-state index contributed by atoms with van der Waals surface area (Å²) in [4.78, 5) is 12.7. The minimum atomic E-state index is 0.286. The van der Waals surface area contributed by atoms with Crippen molar-refractivity contribution in [3.05, 3.63) is 41.0 Å². The molecule has 1 nitrogen and oxygen atoms in total. The first-order chi connectivity index (χ1) is 8.86. The molecule has 1 aromatic rings. The highest BCUT2D eigenvalue weighted by molar-refractivity contribution is 6.04. The van der Waals surface area contributed by atoms with Crippen LogP contribution >= 0.6 is 0 Å². The lowest BCUT2D eigenvalue weighted by atomic mass is 9.77. The van der Waals surface area contributed by atoms with Gasteiger partial charge in [0.05, 0.1) is 0 Å². The van der Waals surface area contributed by atoms with E-state index in [1.54, 1.807) is 0 Å². The number of carbonyl (C=O) groups excluding carboxylic acids is 1. The number of hydrogen-bond donors (Lipinski definition) is 0. The van der Waals surface area contributed by atoms with E-state index in [0.29, 0.717) is 17.6 Å². The predicted molar refractivity (Wildman–Crippen MR) is 72.6 cm³/mol. The lowest BCUT2D eigenvalue weighted by Crippen LogP contribution is -2.22. The fourth-order valence-electron chi connectivity index (χ4n) is 4.36. The second-order valence-electron chi connectivity index (χ2n) is 5.99. The van der Waals surface area contributed by atoms with Gasteiger partial charge in [0.15, 0.2) is 5.78 Å². The first-order valence-corrected chi connectivity index (χ1v) is 7.20. The molecule has 2 atom stereocenters. The van der Waals surface area contributed by atoms with Crippen LogP contribution in [-0.2, 0) is 0 Å². The molecule has 1 saturated carbocycles. The van der Waals surface area contributed by atoms with Crippen molar-refractivity contribution in [1.82, 2.24) is 0 Å². The molecule has 3 aliphatic carbocycles. The van der Waals surface area contributed by atoms with Gasteiger partial charge >= 0.3 is 0 Å². The van der Waals surface area contributed by atoms with Gasteiger partial charge in [0, 0.05) is 11.5 Å². The summed E-state index contributed by atoms with van der Waals surface area (Å²) in [5.74, 6) is 1.85. The molecule has 1 aromatic carbocycles. The third-order valence-corrected chi connectivity index (χ3v) is 5.11. The minimum absolute atomic E-state index is 0.286.